The first-order valence-corrected chi connectivity index (χ1v) is 11.0. The summed E-state index contributed by atoms with van der Waals surface area (Å²) in [6.07, 6.45) is 10.5. The molecule has 0 spiro atoms. The van der Waals surface area contributed by atoms with E-state index < -0.39 is 6.04 Å². The molecule has 2 aliphatic rings. The summed E-state index contributed by atoms with van der Waals surface area (Å²) in [6, 6.07) is 15.4. The molecule has 0 saturated heterocycles. The summed E-state index contributed by atoms with van der Waals surface area (Å²) in [4.78, 5) is 21.0. The van der Waals surface area contributed by atoms with E-state index in [0.717, 1.165) is 45.0 Å². The molecule has 0 radical (unpaired) electrons. The Kier molecular flexibility index (Phi) is 5.45. The average Bonchev–Trinajstić information content (AvgIpc) is 3.28. The van der Waals surface area contributed by atoms with E-state index in [0.29, 0.717) is 13.1 Å². The highest BCUT2D eigenvalue weighted by molar-refractivity contribution is 7.81. The molecule has 6 heteroatoms. The number of methoxy groups -OCH3 is 1. The molecule has 1 atom stereocenters. The third-order valence-corrected chi connectivity index (χ3v) is 6.39. The molecular weight excluding hydrogens is 418 g/mol. The third-order valence-electron chi connectivity index (χ3n) is 6.00. The van der Waals surface area contributed by atoms with E-state index in [1.54, 1.807) is 13.4 Å². The SMILES string of the molecule is COc1ccc(CN2Cc3cncn3C(c3ccccc3C3=CC=CCC3=S)C2=O)cc1. The number of imidazole rings is 1. The zero-order chi connectivity index (χ0) is 22.1. The maximum atomic E-state index is 13.8. The van der Waals surface area contributed by atoms with Crippen molar-refractivity contribution < 1.29 is 9.53 Å². The van der Waals surface area contributed by atoms with Crippen LogP contribution in [0.3, 0.4) is 0 Å². The molecule has 0 N–H and O–H groups in total. The van der Waals surface area contributed by atoms with Gasteiger partial charge in [-0.15, -0.1) is 0 Å². The number of amides is 1. The largest absolute Gasteiger partial charge is 0.497 e. The number of hydrogen-bond donors (Lipinski definition) is 0. The standard InChI is InChI=1S/C26H23N3O2S/c1-31-20-12-10-18(11-13-20)15-28-16-19-14-27-17-29(19)25(26(28)30)23-8-3-2-6-21(23)22-7-4-5-9-24(22)32/h2-8,10-14,17,25H,9,15-16H2,1H3. The number of aromatic nitrogens is 2. The van der Waals surface area contributed by atoms with Crippen LogP contribution in [-0.2, 0) is 17.9 Å². The van der Waals surface area contributed by atoms with Gasteiger partial charge in [0.1, 0.15) is 11.8 Å². The van der Waals surface area contributed by atoms with Crippen LogP contribution in [0.15, 0.2) is 79.3 Å². The lowest BCUT2D eigenvalue weighted by Gasteiger charge is -2.35. The summed E-state index contributed by atoms with van der Waals surface area (Å²) in [5.74, 6) is 0.853. The predicted octanol–water partition coefficient (Wildman–Crippen LogP) is 4.74. The fourth-order valence-electron chi connectivity index (χ4n) is 4.38. The molecule has 1 amide bonds. The molecule has 1 aliphatic carbocycles. The molecule has 0 saturated carbocycles. The van der Waals surface area contributed by atoms with Crippen molar-refractivity contribution in [1.82, 2.24) is 14.5 Å². The lowest BCUT2D eigenvalue weighted by Crippen LogP contribution is -2.42. The summed E-state index contributed by atoms with van der Waals surface area (Å²) < 4.78 is 7.25. The van der Waals surface area contributed by atoms with Crippen molar-refractivity contribution in [3.05, 3.63) is 102 Å². The molecular formula is C26H23N3O2S. The Labute approximate surface area is 192 Å². The van der Waals surface area contributed by atoms with Crippen LogP contribution in [0.2, 0.25) is 0 Å². The van der Waals surface area contributed by atoms with Crippen LogP contribution in [-0.4, -0.2) is 32.3 Å². The van der Waals surface area contributed by atoms with Crippen LogP contribution in [0.1, 0.15) is 34.8 Å². The Balaban J connectivity index is 1.54. The van der Waals surface area contributed by atoms with Gasteiger partial charge in [-0.2, -0.15) is 0 Å². The van der Waals surface area contributed by atoms with E-state index in [1.807, 2.05) is 70.3 Å². The van der Waals surface area contributed by atoms with Crippen LogP contribution in [0, 0.1) is 0 Å². The molecule has 0 bridgehead atoms. The number of rotatable bonds is 5. The van der Waals surface area contributed by atoms with Gasteiger partial charge >= 0.3 is 0 Å². The molecule has 5 rings (SSSR count). The van der Waals surface area contributed by atoms with E-state index in [2.05, 4.69) is 17.1 Å². The minimum absolute atomic E-state index is 0.0524. The number of thiocarbonyl (C=S) groups is 1. The van der Waals surface area contributed by atoms with Crippen LogP contribution in [0.4, 0.5) is 0 Å². The van der Waals surface area contributed by atoms with Gasteiger partial charge in [0.2, 0.25) is 0 Å². The van der Waals surface area contributed by atoms with E-state index >= 15 is 0 Å². The Morgan fingerprint density at radius 1 is 1.16 bits per heavy atom. The summed E-state index contributed by atoms with van der Waals surface area (Å²) in [5, 5.41) is 0. The van der Waals surface area contributed by atoms with Gasteiger partial charge in [-0.3, -0.25) is 4.79 Å². The molecule has 1 unspecified atom stereocenters. The number of benzene rings is 2. The van der Waals surface area contributed by atoms with Crippen molar-refractivity contribution in [2.24, 2.45) is 0 Å². The smallest absolute Gasteiger partial charge is 0.250 e. The Bertz CT molecular complexity index is 1240. The zero-order valence-electron chi connectivity index (χ0n) is 17.8. The molecule has 5 nitrogen and oxygen atoms in total. The van der Waals surface area contributed by atoms with Crippen LogP contribution in [0.5, 0.6) is 5.75 Å². The average molecular weight is 442 g/mol. The quantitative estimate of drug-likeness (QED) is 0.537. The Morgan fingerprint density at radius 2 is 1.97 bits per heavy atom. The van der Waals surface area contributed by atoms with Gasteiger partial charge in [-0.25, -0.2) is 4.98 Å². The number of allylic oxidation sites excluding steroid dienone is 4. The number of fused-ring (bicyclic) bond motifs is 1. The second kappa shape index (κ2) is 8.55. The van der Waals surface area contributed by atoms with Gasteiger partial charge in [0.15, 0.2) is 0 Å². The topological polar surface area (TPSA) is 47.4 Å². The summed E-state index contributed by atoms with van der Waals surface area (Å²) in [7, 11) is 1.65. The highest BCUT2D eigenvalue weighted by atomic mass is 32.1. The highest BCUT2D eigenvalue weighted by Crippen LogP contribution is 2.35. The Morgan fingerprint density at radius 3 is 2.75 bits per heavy atom. The first-order valence-electron chi connectivity index (χ1n) is 10.6. The second-order valence-electron chi connectivity index (χ2n) is 7.96. The lowest BCUT2D eigenvalue weighted by molar-refractivity contribution is -0.136. The van der Waals surface area contributed by atoms with E-state index in [9.17, 15) is 4.79 Å². The normalized spacial score (nSPS) is 17.8. The fourth-order valence-corrected chi connectivity index (χ4v) is 4.66. The van der Waals surface area contributed by atoms with Crippen molar-refractivity contribution in [3.8, 4) is 5.75 Å². The monoisotopic (exact) mass is 441 g/mol. The first kappa shape index (κ1) is 20.4. The third kappa shape index (κ3) is 3.67. The molecule has 2 heterocycles. The second-order valence-corrected chi connectivity index (χ2v) is 8.45. The fraction of sp³-hybridized carbons (Fsp3) is 0.192. The van der Waals surface area contributed by atoms with Crippen molar-refractivity contribution in [2.75, 3.05) is 7.11 Å². The summed E-state index contributed by atoms with van der Waals surface area (Å²) in [5.41, 5.74) is 5.03. The van der Waals surface area contributed by atoms with Gasteiger partial charge in [0, 0.05) is 24.0 Å². The van der Waals surface area contributed by atoms with Crippen molar-refractivity contribution in [1.29, 1.82) is 0 Å². The van der Waals surface area contributed by atoms with Gasteiger partial charge < -0.3 is 14.2 Å². The van der Waals surface area contributed by atoms with Crippen molar-refractivity contribution in [2.45, 2.75) is 25.6 Å². The van der Waals surface area contributed by atoms with Crippen LogP contribution >= 0.6 is 12.2 Å². The van der Waals surface area contributed by atoms with Gasteiger partial charge in [0.05, 0.1) is 25.7 Å². The van der Waals surface area contributed by atoms with Crippen molar-refractivity contribution >= 4 is 28.6 Å². The minimum atomic E-state index is -0.481. The molecule has 1 aliphatic heterocycles. The van der Waals surface area contributed by atoms with E-state index in [4.69, 9.17) is 17.0 Å². The maximum Gasteiger partial charge on any atom is 0.250 e. The van der Waals surface area contributed by atoms with Crippen LogP contribution in [0.25, 0.3) is 5.57 Å². The number of carbonyl (C=O) groups excluding carboxylic acids is 1. The zero-order valence-corrected chi connectivity index (χ0v) is 18.6. The molecule has 0 fully saturated rings. The first-order chi connectivity index (χ1) is 15.7. The molecule has 3 aromatic rings. The van der Waals surface area contributed by atoms with Crippen LogP contribution < -0.4 is 4.74 Å². The number of ether oxygens (including phenoxy) is 1. The number of carbonyl (C=O) groups is 1. The minimum Gasteiger partial charge on any atom is -0.497 e. The highest BCUT2D eigenvalue weighted by Gasteiger charge is 2.35. The molecule has 2 aromatic carbocycles. The maximum absolute atomic E-state index is 13.8. The van der Waals surface area contributed by atoms with Crippen molar-refractivity contribution in [3.63, 3.8) is 0 Å². The van der Waals surface area contributed by atoms with Gasteiger partial charge in [-0.05, 0) is 34.4 Å². The van der Waals surface area contributed by atoms with E-state index in [-0.39, 0.29) is 5.91 Å². The Hall–Kier alpha value is -3.51. The molecule has 32 heavy (non-hydrogen) atoms. The van der Waals surface area contributed by atoms with Gasteiger partial charge in [-0.1, -0.05) is 66.8 Å². The number of hydrogen-bond acceptors (Lipinski definition) is 4. The summed E-state index contributed by atoms with van der Waals surface area (Å²) >= 11 is 5.65. The molecule has 1 aromatic heterocycles. The number of nitrogens with zero attached hydrogens (tertiary/aromatic N) is 3. The predicted molar refractivity (Wildman–Crippen MR) is 128 cm³/mol. The van der Waals surface area contributed by atoms with E-state index in [1.165, 1.54) is 0 Å². The summed E-state index contributed by atoms with van der Waals surface area (Å²) in [6.45, 7) is 1.05. The molecule has 160 valence electrons. The lowest BCUT2D eigenvalue weighted by atomic mass is 9.89. The van der Waals surface area contributed by atoms with Gasteiger partial charge in [0.25, 0.3) is 5.91 Å².